The van der Waals surface area contributed by atoms with Crippen LogP contribution in [0.5, 0.6) is 0 Å². The molecule has 0 aliphatic carbocycles. The molecule has 12 heavy (non-hydrogen) atoms. The van der Waals surface area contributed by atoms with E-state index in [1.807, 2.05) is 0 Å². The van der Waals surface area contributed by atoms with E-state index >= 15 is 0 Å². The Morgan fingerprint density at radius 3 is 2.92 bits per heavy atom. The van der Waals surface area contributed by atoms with Gasteiger partial charge in [-0.3, -0.25) is 14.5 Å². The first kappa shape index (κ1) is 6.84. The highest BCUT2D eigenvalue weighted by atomic mass is 16.2. The lowest BCUT2D eigenvalue weighted by molar-refractivity contribution is 0.791. The molecule has 0 fully saturated rings. The van der Waals surface area contributed by atoms with Gasteiger partial charge < -0.3 is 4.98 Å². The number of hydrogen-bond acceptors (Lipinski definition) is 3. The highest BCUT2D eigenvalue weighted by Crippen LogP contribution is 1.99. The van der Waals surface area contributed by atoms with Crippen molar-refractivity contribution in [3.63, 3.8) is 0 Å². The van der Waals surface area contributed by atoms with Gasteiger partial charge in [0.2, 0.25) is 0 Å². The summed E-state index contributed by atoms with van der Waals surface area (Å²) in [6, 6.07) is 0. The zero-order chi connectivity index (χ0) is 8.72. The van der Waals surface area contributed by atoms with Crippen LogP contribution in [0.25, 0.3) is 11.0 Å². The van der Waals surface area contributed by atoms with E-state index in [0.717, 1.165) is 0 Å². The number of aromatic nitrogens is 4. The molecule has 0 aliphatic rings. The topological polar surface area (TPSA) is 83.5 Å². The predicted molar refractivity (Wildman–Crippen MR) is 42.0 cm³/mol. The van der Waals surface area contributed by atoms with Crippen LogP contribution in [0.4, 0.5) is 0 Å². The zero-order valence-corrected chi connectivity index (χ0v) is 6.29. The lowest BCUT2D eigenvalue weighted by Crippen LogP contribution is -2.22. The fourth-order valence-electron chi connectivity index (χ4n) is 1.11. The first-order valence-corrected chi connectivity index (χ1v) is 3.33. The average Bonchev–Trinajstić information content (AvgIpc) is 2.31. The number of nitrogens with zero attached hydrogens (tertiary/aromatic N) is 2. The molecule has 0 aliphatic heterocycles. The van der Waals surface area contributed by atoms with E-state index < -0.39 is 11.2 Å². The molecular weight excluding hydrogens is 160 g/mol. The van der Waals surface area contributed by atoms with Crippen LogP contribution in [0.2, 0.25) is 0 Å². The number of aryl methyl sites for hydroxylation is 1. The predicted octanol–water partition coefficient (Wildman–Crippen LogP) is -1.05. The van der Waals surface area contributed by atoms with Crippen LogP contribution < -0.4 is 11.2 Å². The van der Waals surface area contributed by atoms with Crippen LogP contribution in [0.1, 0.15) is 0 Å². The second-order valence-electron chi connectivity index (χ2n) is 2.44. The minimum atomic E-state index is -0.513. The van der Waals surface area contributed by atoms with Crippen molar-refractivity contribution in [3.05, 3.63) is 27.0 Å². The summed E-state index contributed by atoms with van der Waals surface area (Å²) in [5, 5.41) is 3.82. The highest BCUT2D eigenvalue weighted by molar-refractivity contribution is 5.71. The van der Waals surface area contributed by atoms with Crippen molar-refractivity contribution in [2.75, 3.05) is 0 Å². The fraction of sp³-hybridized carbons (Fsp3) is 0.167. The zero-order valence-electron chi connectivity index (χ0n) is 6.29. The van der Waals surface area contributed by atoms with Crippen molar-refractivity contribution in [1.82, 2.24) is 19.7 Å². The lowest BCUT2D eigenvalue weighted by atomic mass is 10.5. The lowest BCUT2D eigenvalue weighted by Gasteiger charge is -1.89. The molecular formula is C6H6N4O2. The number of H-pyrrole nitrogens is 2. The Morgan fingerprint density at radius 2 is 2.17 bits per heavy atom. The van der Waals surface area contributed by atoms with E-state index in [0.29, 0.717) is 11.0 Å². The molecule has 2 heterocycles. The van der Waals surface area contributed by atoms with E-state index in [1.165, 1.54) is 10.9 Å². The van der Waals surface area contributed by atoms with Crippen LogP contribution in [0.3, 0.4) is 0 Å². The Balaban J connectivity index is 3.13. The molecule has 0 aromatic carbocycles. The summed E-state index contributed by atoms with van der Waals surface area (Å²) in [5.41, 5.74) is -0.116. The second-order valence-corrected chi connectivity index (χ2v) is 2.44. The van der Waals surface area contributed by atoms with Crippen molar-refractivity contribution < 1.29 is 0 Å². The minimum Gasteiger partial charge on any atom is -0.304 e. The average molecular weight is 166 g/mol. The number of fused-ring (bicyclic) bond motifs is 1. The summed E-state index contributed by atoms with van der Waals surface area (Å²) in [7, 11) is 1.63. The molecule has 2 aromatic heterocycles. The molecule has 0 radical (unpaired) electrons. The molecule has 0 saturated heterocycles. The van der Waals surface area contributed by atoms with Gasteiger partial charge in [0.15, 0.2) is 0 Å². The third-order valence-electron chi connectivity index (χ3n) is 1.63. The summed E-state index contributed by atoms with van der Waals surface area (Å²) < 4.78 is 1.41. The van der Waals surface area contributed by atoms with E-state index in [4.69, 9.17) is 0 Å². The summed E-state index contributed by atoms with van der Waals surface area (Å²) in [4.78, 5) is 26.5. The van der Waals surface area contributed by atoms with Crippen molar-refractivity contribution in [2.45, 2.75) is 0 Å². The highest BCUT2D eigenvalue weighted by Gasteiger charge is 2.03. The monoisotopic (exact) mass is 166 g/mol. The number of hydrogen-bond donors (Lipinski definition) is 2. The third kappa shape index (κ3) is 0.777. The van der Waals surface area contributed by atoms with Gasteiger partial charge in [0, 0.05) is 7.05 Å². The first-order valence-electron chi connectivity index (χ1n) is 3.33. The molecule has 0 spiro atoms. The standard InChI is InChI=1S/C6H6N4O2/c1-10-4-3(2-7-10)8-6(12)9-5(4)11/h2H,1H3,(H2,8,9,11,12). The van der Waals surface area contributed by atoms with Gasteiger partial charge in [-0.15, -0.1) is 0 Å². The maximum Gasteiger partial charge on any atom is 0.326 e. The molecule has 6 nitrogen and oxygen atoms in total. The van der Waals surface area contributed by atoms with Gasteiger partial charge in [-0.25, -0.2) is 4.79 Å². The maximum absolute atomic E-state index is 11.1. The second kappa shape index (κ2) is 2.07. The molecule has 2 N–H and O–H groups in total. The van der Waals surface area contributed by atoms with Gasteiger partial charge >= 0.3 is 5.69 Å². The minimum absolute atomic E-state index is 0.370. The molecule has 2 aromatic rings. The van der Waals surface area contributed by atoms with Gasteiger partial charge in [-0.2, -0.15) is 5.10 Å². The number of rotatable bonds is 0. The van der Waals surface area contributed by atoms with Crippen LogP contribution in [-0.4, -0.2) is 19.7 Å². The van der Waals surface area contributed by atoms with Crippen molar-refractivity contribution >= 4 is 11.0 Å². The number of nitrogens with one attached hydrogen (secondary N) is 2. The SMILES string of the molecule is Cn1ncc2[nH]c(=O)[nH]c(=O)c21. The molecule has 6 heteroatoms. The molecule has 2 rings (SSSR count). The van der Waals surface area contributed by atoms with E-state index in [1.54, 1.807) is 7.05 Å². The van der Waals surface area contributed by atoms with Gasteiger partial charge in [0.25, 0.3) is 5.56 Å². The Morgan fingerprint density at radius 1 is 1.42 bits per heavy atom. The first-order chi connectivity index (χ1) is 5.68. The van der Waals surface area contributed by atoms with Crippen LogP contribution >= 0.6 is 0 Å². The molecule has 0 atom stereocenters. The third-order valence-corrected chi connectivity index (χ3v) is 1.63. The molecule has 0 saturated carbocycles. The van der Waals surface area contributed by atoms with Gasteiger partial charge in [-0.05, 0) is 0 Å². The molecule has 0 bridgehead atoms. The van der Waals surface area contributed by atoms with Gasteiger partial charge in [-0.1, -0.05) is 0 Å². The molecule has 0 unspecified atom stereocenters. The maximum atomic E-state index is 11.1. The summed E-state index contributed by atoms with van der Waals surface area (Å²) in [5.74, 6) is 0. The quantitative estimate of drug-likeness (QED) is 0.523. The smallest absolute Gasteiger partial charge is 0.304 e. The molecule has 62 valence electrons. The summed E-state index contributed by atoms with van der Waals surface area (Å²) >= 11 is 0. The number of aromatic amines is 2. The van der Waals surface area contributed by atoms with E-state index in [2.05, 4.69) is 15.1 Å². The molecule has 0 amide bonds. The Kier molecular flexibility index (Phi) is 1.18. The van der Waals surface area contributed by atoms with Gasteiger partial charge in [0.05, 0.1) is 11.7 Å². The van der Waals surface area contributed by atoms with Gasteiger partial charge in [0.1, 0.15) is 5.52 Å². The van der Waals surface area contributed by atoms with E-state index in [-0.39, 0.29) is 0 Å². The van der Waals surface area contributed by atoms with Crippen LogP contribution in [0.15, 0.2) is 15.8 Å². The Hall–Kier alpha value is -1.85. The van der Waals surface area contributed by atoms with Crippen LogP contribution in [0, 0.1) is 0 Å². The van der Waals surface area contributed by atoms with Crippen molar-refractivity contribution in [1.29, 1.82) is 0 Å². The normalized spacial score (nSPS) is 10.8. The largest absolute Gasteiger partial charge is 0.326 e. The Bertz CT molecular complexity index is 532. The summed E-state index contributed by atoms with van der Waals surface area (Å²) in [6.07, 6.45) is 1.44. The fourth-order valence-corrected chi connectivity index (χ4v) is 1.11. The van der Waals surface area contributed by atoms with E-state index in [9.17, 15) is 9.59 Å². The summed E-state index contributed by atoms with van der Waals surface area (Å²) in [6.45, 7) is 0. The van der Waals surface area contributed by atoms with Crippen LogP contribution in [-0.2, 0) is 7.05 Å². The Labute approximate surface area is 65.8 Å². The van der Waals surface area contributed by atoms with Crippen molar-refractivity contribution in [2.24, 2.45) is 7.05 Å². The van der Waals surface area contributed by atoms with Crippen molar-refractivity contribution in [3.8, 4) is 0 Å².